The summed E-state index contributed by atoms with van der Waals surface area (Å²) in [4.78, 5) is 31.2. The summed E-state index contributed by atoms with van der Waals surface area (Å²) in [5, 5.41) is 15.3. The van der Waals surface area contributed by atoms with Crippen molar-refractivity contribution < 1.29 is 0 Å². The van der Waals surface area contributed by atoms with Crippen LogP contribution in [0.2, 0.25) is 0 Å². The number of hydrogen-bond donors (Lipinski definition) is 0. The molecule has 6 nitrogen and oxygen atoms in total. The van der Waals surface area contributed by atoms with E-state index < -0.39 is 0 Å². The Bertz CT molecular complexity index is 7330. The fourth-order valence-corrected chi connectivity index (χ4v) is 18.9. The van der Waals surface area contributed by atoms with E-state index in [1.807, 2.05) is 18.2 Å². The monoisotopic (exact) mass is 1440 g/mol. The Morgan fingerprint density at radius 1 is 0.186 bits per heavy atom. The van der Waals surface area contributed by atoms with Gasteiger partial charge in [-0.25, -0.2) is 29.9 Å². The minimum absolute atomic E-state index is 0.0178. The Hall–Kier alpha value is -13.9. The van der Waals surface area contributed by atoms with Crippen LogP contribution in [0.5, 0.6) is 0 Å². The second-order valence-electron chi connectivity index (χ2n) is 31.8. The maximum absolute atomic E-state index is 5.30. The number of para-hydroxylation sites is 1. The van der Waals surface area contributed by atoms with Crippen molar-refractivity contribution in [2.45, 2.75) is 57.8 Å². The molecule has 3 heterocycles. The highest BCUT2D eigenvalue weighted by molar-refractivity contribution is 6.16. The average molecular weight is 1450 g/mol. The van der Waals surface area contributed by atoms with Crippen LogP contribution >= 0.6 is 0 Å². The van der Waals surface area contributed by atoms with Gasteiger partial charge in [0.15, 0.2) is 17.5 Å². The SMILES string of the molecule is CC1(C)c2ccccc2-c2c1ccc1c(-c3nc(-c4ccccc4)c4c(ccc5ccccc54)n3)cccc21.CC1(C)c2ccccc2-c2c1ccc1c(-c3nc(-c4ccccc4)c4ccc5ccccc5c4n3)cccc21.CC1(C)c2ccccc2-c2c1ccc1c(-c3nc(-c4ccccc4)c4ccccc4n3)cccc21. The number of benzene rings is 17. The molecule has 0 N–H and O–H groups in total. The van der Waals surface area contributed by atoms with Gasteiger partial charge in [-0.15, -0.1) is 0 Å². The molecule has 17 aromatic carbocycles. The van der Waals surface area contributed by atoms with Gasteiger partial charge < -0.3 is 0 Å². The molecular formula is C107H76N6. The minimum atomic E-state index is -0.0328. The number of hydrogen-bond acceptors (Lipinski definition) is 6. The van der Waals surface area contributed by atoms with Crippen LogP contribution < -0.4 is 0 Å². The zero-order valence-electron chi connectivity index (χ0n) is 63.7. The summed E-state index contributed by atoms with van der Waals surface area (Å²) < 4.78 is 0. The summed E-state index contributed by atoms with van der Waals surface area (Å²) in [5.74, 6) is 2.28. The molecule has 0 bridgehead atoms. The predicted molar refractivity (Wildman–Crippen MR) is 471 cm³/mol. The van der Waals surface area contributed by atoms with E-state index in [4.69, 9.17) is 29.9 Å². The zero-order chi connectivity index (χ0) is 75.8. The molecule has 3 aromatic heterocycles. The second kappa shape index (κ2) is 26.1. The van der Waals surface area contributed by atoms with E-state index in [9.17, 15) is 0 Å². The van der Waals surface area contributed by atoms with Crippen molar-refractivity contribution in [2.75, 3.05) is 0 Å². The number of rotatable bonds is 6. The zero-order valence-corrected chi connectivity index (χ0v) is 63.7. The van der Waals surface area contributed by atoms with Gasteiger partial charge >= 0.3 is 0 Å². The molecule has 23 rings (SSSR count). The Labute approximate surface area is 656 Å². The second-order valence-corrected chi connectivity index (χ2v) is 31.8. The van der Waals surface area contributed by atoms with Crippen molar-refractivity contribution in [1.82, 2.24) is 29.9 Å². The van der Waals surface area contributed by atoms with Crippen LogP contribution in [-0.2, 0) is 16.2 Å². The number of nitrogens with zero attached hydrogens (tertiary/aromatic N) is 6. The van der Waals surface area contributed by atoms with E-state index in [0.29, 0.717) is 0 Å². The standard InChI is InChI=1S/2C37H26N2.C33H24N2/c1-37(2)30-18-9-8-15-29(30)33-27-16-10-17-28(26(27)20-21-31(33)37)36-38-32-22-19-23-11-6-7-14-25(23)34(32)35(39-36)24-12-4-3-5-13-24;1-37(2)31-18-9-8-15-29(31)33-27-16-10-17-28(26(27)21-22-32(33)37)36-38-34(24-12-4-3-5-13-24)30-20-19-23-11-6-7-14-25(23)35(30)39-36;1-33(2)27-17-8-6-13-25(27)30-23-15-10-16-24(22(23)19-20-28(30)33)32-34-29-18-9-7-14-26(29)31(35-32)21-11-4-3-5-12-21/h2*3-22H,1-2H3;3-20H,1-2H3. The van der Waals surface area contributed by atoms with Crippen LogP contribution in [-0.4, -0.2) is 29.9 Å². The lowest BCUT2D eigenvalue weighted by Crippen LogP contribution is -2.14. The molecule has 0 aliphatic heterocycles. The van der Waals surface area contributed by atoms with Gasteiger partial charge in [-0.2, -0.15) is 0 Å². The van der Waals surface area contributed by atoms with Crippen LogP contribution in [0, 0.1) is 0 Å². The Balaban J connectivity index is 0.000000107. The molecule has 3 aliphatic carbocycles. The van der Waals surface area contributed by atoms with Crippen molar-refractivity contribution in [3.63, 3.8) is 0 Å². The summed E-state index contributed by atoms with van der Waals surface area (Å²) in [6.07, 6.45) is 0. The first-order valence-electron chi connectivity index (χ1n) is 39.2. The topological polar surface area (TPSA) is 77.3 Å². The highest BCUT2D eigenvalue weighted by Crippen LogP contribution is 2.56. The summed E-state index contributed by atoms with van der Waals surface area (Å²) in [6.45, 7) is 14.0. The lowest BCUT2D eigenvalue weighted by Gasteiger charge is -2.21. The van der Waals surface area contributed by atoms with Gasteiger partial charge in [-0.1, -0.05) is 375 Å². The first-order chi connectivity index (χ1) is 55.3. The fraction of sp³-hybridized carbons (Fsp3) is 0.0841. The van der Waals surface area contributed by atoms with Crippen molar-refractivity contribution >= 4 is 86.6 Å². The largest absolute Gasteiger partial charge is 0.228 e. The molecule has 0 amide bonds. The van der Waals surface area contributed by atoms with E-state index in [-0.39, 0.29) is 16.2 Å². The molecule has 0 atom stereocenters. The molecule has 0 unspecified atom stereocenters. The number of aromatic nitrogens is 6. The summed E-state index contributed by atoms with van der Waals surface area (Å²) in [7, 11) is 0. The van der Waals surface area contributed by atoms with Crippen LogP contribution in [0.25, 0.3) is 188 Å². The lowest BCUT2D eigenvalue weighted by atomic mass is 9.82. The first-order valence-corrected chi connectivity index (χ1v) is 39.2. The van der Waals surface area contributed by atoms with E-state index in [0.717, 1.165) is 106 Å². The van der Waals surface area contributed by atoms with Crippen LogP contribution in [0.3, 0.4) is 0 Å². The van der Waals surface area contributed by atoms with E-state index in [2.05, 4.69) is 375 Å². The van der Waals surface area contributed by atoms with Crippen LogP contribution in [0.4, 0.5) is 0 Å². The lowest BCUT2D eigenvalue weighted by molar-refractivity contribution is 0.660. The van der Waals surface area contributed by atoms with Gasteiger partial charge in [0.25, 0.3) is 0 Å². The Morgan fingerprint density at radius 2 is 0.513 bits per heavy atom. The maximum atomic E-state index is 5.30. The van der Waals surface area contributed by atoms with Gasteiger partial charge in [-0.3, -0.25) is 0 Å². The molecule has 20 aromatic rings. The molecule has 3 aliphatic rings. The molecule has 534 valence electrons. The quantitative estimate of drug-likeness (QED) is 0.154. The van der Waals surface area contributed by atoms with E-state index in [1.54, 1.807) is 0 Å². The molecular weight excluding hydrogens is 1370 g/mol. The van der Waals surface area contributed by atoms with Gasteiger partial charge in [-0.05, 0) is 133 Å². The predicted octanol–water partition coefficient (Wildman–Crippen LogP) is 27.6. The van der Waals surface area contributed by atoms with E-state index >= 15 is 0 Å². The van der Waals surface area contributed by atoms with Crippen molar-refractivity contribution in [3.8, 4) is 101 Å². The molecule has 6 heteroatoms. The van der Waals surface area contributed by atoms with Gasteiger partial charge in [0, 0.05) is 71.2 Å². The van der Waals surface area contributed by atoms with Crippen LogP contribution in [0.15, 0.2) is 352 Å². The average Bonchev–Trinajstić information content (AvgIpc) is 1.56. The van der Waals surface area contributed by atoms with Crippen molar-refractivity contribution in [3.05, 3.63) is 385 Å². The minimum Gasteiger partial charge on any atom is -0.228 e. The molecule has 0 radical (unpaired) electrons. The fourth-order valence-electron chi connectivity index (χ4n) is 18.9. The van der Waals surface area contributed by atoms with Crippen molar-refractivity contribution in [1.29, 1.82) is 0 Å². The molecule has 0 saturated carbocycles. The number of fused-ring (bicyclic) bond motifs is 22. The van der Waals surface area contributed by atoms with Gasteiger partial charge in [0.2, 0.25) is 0 Å². The highest BCUT2D eigenvalue weighted by atomic mass is 14.9. The third-order valence-corrected chi connectivity index (χ3v) is 24.5. The maximum Gasteiger partial charge on any atom is 0.161 e. The Morgan fingerprint density at radius 3 is 0.991 bits per heavy atom. The van der Waals surface area contributed by atoms with E-state index in [1.165, 1.54) is 115 Å². The summed E-state index contributed by atoms with van der Waals surface area (Å²) >= 11 is 0. The van der Waals surface area contributed by atoms with Gasteiger partial charge in [0.05, 0.1) is 33.6 Å². The highest BCUT2D eigenvalue weighted by Gasteiger charge is 2.39. The van der Waals surface area contributed by atoms with Gasteiger partial charge in [0.1, 0.15) is 0 Å². The normalized spacial score (nSPS) is 13.6. The summed E-state index contributed by atoms with van der Waals surface area (Å²) in [5.41, 5.74) is 28.5. The van der Waals surface area contributed by atoms with Crippen LogP contribution in [0.1, 0.15) is 74.9 Å². The summed E-state index contributed by atoms with van der Waals surface area (Å²) in [6, 6.07) is 125. The third kappa shape index (κ3) is 10.7. The Kier molecular flexibility index (Phi) is 15.5. The molecule has 0 fully saturated rings. The smallest absolute Gasteiger partial charge is 0.161 e. The molecule has 113 heavy (non-hydrogen) atoms. The molecule has 0 spiro atoms. The third-order valence-electron chi connectivity index (χ3n) is 24.5. The first kappa shape index (κ1) is 67.2. The molecule has 0 saturated heterocycles. The van der Waals surface area contributed by atoms with Crippen molar-refractivity contribution in [2.24, 2.45) is 0 Å².